The first-order valence-corrected chi connectivity index (χ1v) is 8.07. The van der Waals surface area contributed by atoms with Gasteiger partial charge in [-0.2, -0.15) is 0 Å². The molecule has 108 valence electrons. The van der Waals surface area contributed by atoms with Crippen molar-refractivity contribution in [2.45, 2.75) is 59.9 Å². The number of ether oxygens (including phenoxy) is 1. The molecule has 0 unspecified atom stereocenters. The number of nitrogens with one attached hydrogen (secondary N) is 1. The molecule has 5 heteroatoms. The Bertz CT molecular complexity index is 266. The Morgan fingerprint density at radius 1 is 1.24 bits per heavy atom. The van der Waals surface area contributed by atoms with Gasteiger partial charge in [0.25, 0.3) is 0 Å². The minimum absolute atomic E-state index is 0. The maximum absolute atomic E-state index is 11.4. The van der Waals surface area contributed by atoms with Crippen LogP contribution in [-0.4, -0.2) is 32.9 Å². The summed E-state index contributed by atoms with van der Waals surface area (Å²) in [6, 6.07) is 0. The van der Waals surface area contributed by atoms with E-state index in [-0.39, 0.29) is 12.7 Å². The summed E-state index contributed by atoms with van der Waals surface area (Å²) in [5, 5.41) is 0. The van der Waals surface area contributed by atoms with Crippen molar-refractivity contribution in [2.75, 3.05) is 19.0 Å². The van der Waals surface area contributed by atoms with Crippen molar-refractivity contribution in [1.29, 1.82) is 0 Å². The van der Waals surface area contributed by atoms with E-state index in [2.05, 4.69) is 4.72 Å². The van der Waals surface area contributed by atoms with Gasteiger partial charge < -0.3 is 4.74 Å². The van der Waals surface area contributed by atoms with Gasteiger partial charge in [-0.05, 0) is 40.5 Å². The van der Waals surface area contributed by atoms with E-state index in [0.29, 0.717) is 13.2 Å². The van der Waals surface area contributed by atoms with Crippen LogP contribution in [0.15, 0.2) is 0 Å². The molecule has 0 heterocycles. The number of sulfonamides is 1. The van der Waals surface area contributed by atoms with E-state index in [0.717, 1.165) is 12.8 Å². The highest BCUT2D eigenvalue weighted by Gasteiger charge is 2.22. The van der Waals surface area contributed by atoms with E-state index in [1.807, 2.05) is 34.6 Å². The molecule has 0 saturated carbocycles. The van der Waals surface area contributed by atoms with Crippen LogP contribution in [0.5, 0.6) is 0 Å². The van der Waals surface area contributed by atoms with Crippen molar-refractivity contribution in [3.8, 4) is 0 Å². The third kappa shape index (κ3) is 12.1. The lowest BCUT2D eigenvalue weighted by molar-refractivity contribution is 0.138. The van der Waals surface area contributed by atoms with Crippen LogP contribution in [0.4, 0.5) is 0 Å². The van der Waals surface area contributed by atoms with Gasteiger partial charge in [0, 0.05) is 20.2 Å². The normalized spacial score (nSPS) is 11.9. The van der Waals surface area contributed by atoms with Crippen LogP contribution in [-0.2, 0) is 14.8 Å². The average Bonchev–Trinajstić information content (AvgIpc) is 2.26. The Labute approximate surface area is 109 Å². The molecule has 0 rings (SSSR count). The van der Waals surface area contributed by atoms with E-state index in [1.165, 1.54) is 0 Å². The van der Waals surface area contributed by atoms with Gasteiger partial charge in [-0.15, -0.1) is 0 Å². The molecular weight excluding hydrogens is 238 g/mol. The summed E-state index contributed by atoms with van der Waals surface area (Å²) < 4.78 is 30.6. The molecule has 0 spiro atoms. The van der Waals surface area contributed by atoms with E-state index in [4.69, 9.17) is 4.74 Å². The fourth-order valence-electron chi connectivity index (χ4n) is 1.30. The number of hydrogen-bond donors (Lipinski definition) is 1. The molecule has 0 atom stereocenters. The van der Waals surface area contributed by atoms with Gasteiger partial charge in [-0.25, -0.2) is 13.1 Å². The monoisotopic (exact) mass is 269 g/mol. The van der Waals surface area contributed by atoms with E-state index < -0.39 is 10.0 Å². The van der Waals surface area contributed by atoms with Crippen LogP contribution in [0.25, 0.3) is 0 Å². The molecule has 1 N–H and O–H groups in total. The standard InChI is InChI=1S/C10H23NO3S.C2H6.H2/c1-5-14-9-7-8-10(3,4)11-15(12,13)6-2;1-2;/h11H,5-9H2,1-4H3;1-2H3;1H. The largest absolute Gasteiger partial charge is 0.382 e. The van der Waals surface area contributed by atoms with Gasteiger partial charge in [0.05, 0.1) is 5.75 Å². The molecule has 0 aliphatic rings. The van der Waals surface area contributed by atoms with Crippen molar-refractivity contribution in [3.05, 3.63) is 0 Å². The van der Waals surface area contributed by atoms with Crippen molar-refractivity contribution in [2.24, 2.45) is 0 Å². The lowest BCUT2D eigenvalue weighted by Crippen LogP contribution is -2.44. The van der Waals surface area contributed by atoms with Crippen LogP contribution in [0.3, 0.4) is 0 Å². The third-order valence-corrected chi connectivity index (χ3v) is 3.73. The second-order valence-corrected chi connectivity index (χ2v) is 6.20. The molecule has 0 fully saturated rings. The Morgan fingerprint density at radius 2 is 1.76 bits per heavy atom. The number of hydrogen-bond acceptors (Lipinski definition) is 3. The summed E-state index contributed by atoms with van der Waals surface area (Å²) in [7, 11) is -3.11. The minimum atomic E-state index is -3.11. The Balaban J connectivity index is -0.000000709. The second kappa shape index (κ2) is 9.85. The summed E-state index contributed by atoms with van der Waals surface area (Å²) in [5.41, 5.74) is -0.383. The first-order chi connectivity index (χ1) is 7.83. The fourth-order valence-corrected chi connectivity index (χ4v) is 2.39. The van der Waals surface area contributed by atoms with E-state index in [1.54, 1.807) is 6.92 Å². The molecule has 0 amide bonds. The van der Waals surface area contributed by atoms with Crippen molar-refractivity contribution >= 4 is 10.0 Å². The van der Waals surface area contributed by atoms with Gasteiger partial charge in [0.1, 0.15) is 0 Å². The molecule has 0 aromatic rings. The molecule has 0 bridgehead atoms. The molecule has 0 aliphatic heterocycles. The molecule has 0 aromatic heterocycles. The van der Waals surface area contributed by atoms with E-state index in [9.17, 15) is 8.42 Å². The lowest BCUT2D eigenvalue weighted by Gasteiger charge is -2.25. The smallest absolute Gasteiger partial charge is 0.211 e. The summed E-state index contributed by atoms with van der Waals surface area (Å²) in [5.74, 6) is 0.127. The summed E-state index contributed by atoms with van der Waals surface area (Å²) in [6.45, 7) is 12.8. The van der Waals surface area contributed by atoms with Gasteiger partial charge in [0.2, 0.25) is 10.0 Å². The van der Waals surface area contributed by atoms with Crippen LogP contribution < -0.4 is 4.72 Å². The molecule has 0 radical (unpaired) electrons. The zero-order valence-electron chi connectivity index (χ0n) is 12.2. The molecule has 4 nitrogen and oxygen atoms in total. The van der Waals surface area contributed by atoms with Crippen molar-refractivity contribution < 1.29 is 14.6 Å². The quantitative estimate of drug-likeness (QED) is 0.689. The average molecular weight is 269 g/mol. The molecule has 0 aliphatic carbocycles. The van der Waals surface area contributed by atoms with Gasteiger partial charge in [-0.1, -0.05) is 13.8 Å². The van der Waals surface area contributed by atoms with Crippen molar-refractivity contribution in [3.63, 3.8) is 0 Å². The molecular formula is C12H31NO3S. The summed E-state index contributed by atoms with van der Waals surface area (Å²) in [6.07, 6.45) is 1.65. The van der Waals surface area contributed by atoms with Crippen LogP contribution >= 0.6 is 0 Å². The Hall–Kier alpha value is -0.130. The first kappa shape index (κ1) is 19.2. The van der Waals surface area contributed by atoms with Gasteiger partial charge in [-0.3, -0.25) is 0 Å². The maximum Gasteiger partial charge on any atom is 0.211 e. The zero-order chi connectivity index (χ0) is 13.9. The SMILES string of the molecule is CC.CCOCCCC(C)(C)NS(=O)(=O)CC.[HH]. The lowest BCUT2D eigenvalue weighted by atomic mass is 10.0. The zero-order valence-corrected chi connectivity index (χ0v) is 13.0. The van der Waals surface area contributed by atoms with E-state index >= 15 is 0 Å². The van der Waals surface area contributed by atoms with Crippen LogP contribution in [0.1, 0.15) is 55.8 Å². The van der Waals surface area contributed by atoms with Gasteiger partial charge in [0.15, 0.2) is 0 Å². The van der Waals surface area contributed by atoms with Gasteiger partial charge >= 0.3 is 0 Å². The predicted octanol–water partition coefficient (Wildman–Crippen LogP) is 2.79. The first-order valence-electron chi connectivity index (χ1n) is 6.42. The van der Waals surface area contributed by atoms with Crippen LogP contribution in [0.2, 0.25) is 0 Å². The maximum atomic E-state index is 11.4. The predicted molar refractivity (Wildman–Crippen MR) is 75.9 cm³/mol. The molecule has 0 saturated heterocycles. The summed E-state index contributed by atoms with van der Waals surface area (Å²) >= 11 is 0. The minimum Gasteiger partial charge on any atom is -0.382 e. The fraction of sp³-hybridized carbons (Fsp3) is 1.00. The van der Waals surface area contributed by atoms with Crippen LogP contribution in [0, 0.1) is 0 Å². The third-order valence-electron chi connectivity index (χ3n) is 2.11. The Kier molecular flexibility index (Phi) is 11.1. The molecule has 17 heavy (non-hydrogen) atoms. The Morgan fingerprint density at radius 3 is 2.18 bits per heavy atom. The highest BCUT2D eigenvalue weighted by Crippen LogP contribution is 2.12. The topological polar surface area (TPSA) is 55.4 Å². The highest BCUT2D eigenvalue weighted by atomic mass is 32.2. The second-order valence-electron chi connectivity index (χ2n) is 4.19. The van der Waals surface area contributed by atoms with Crippen molar-refractivity contribution in [1.82, 2.24) is 4.72 Å². The summed E-state index contributed by atoms with van der Waals surface area (Å²) in [4.78, 5) is 0. The number of rotatable bonds is 8. The molecule has 0 aromatic carbocycles. The highest BCUT2D eigenvalue weighted by molar-refractivity contribution is 7.89.